The van der Waals surface area contributed by atoms with Gasteiger partial charge in [-0.1, -0.05) is 11.6 Å². The molecular weight excluding hydrogens is 243 g/mol. The number of oxazole rings is 1. The van der Waals surface area contributed by atoms with Gasteiger partial charge in [-0.2, -0.15) is 0 Å². The highest BCUT2D eigenvalue weighted by Crippen LogP contribution is 2.29. The van der Waals surface area contributed by atoms with Gasteiger partial charge in [0.1, 0.15) is 5.82 Å². The number of nitrogens with zero attached hydrogens (tertiary/aromatic N) is 1. The largest absolute Gasteiger partial charge is 0.439 e. The van der Waals surface area contributed by atoms with Gasteiger partial charge in [0.05, 0.1) is 17.3 Å². The summed E-state index contributed by atoms with van der Waals surface area (Å²) in [6.45, 7) is 1.93. The number of benzene rings is 1. The fourth-order valence-electron chi connectivity index (χ4n) is 1.43. The molecule has 1 unspecified atom stereocenters. The molecule has 0 saturated carbocycles. The van der Waals surface area contributed by atoms with Crippen molar-refractivity contribution >= 4 is 11.6 Å². The summed E-state index contributed by atoms with van der Waals surface area (Å²) in [7, 11) is 1.82. The molecule has 1 heterocycles. The first-order valence-electron chi connectivity index (χ1n) is 5.20. The number of rotatable bonds is 3. The van der Waals surface area contributed by atoms with Gasteiger partial charge in [-0.15, -0.1) is 0 Å². The molecule has 0 saturated heterocycles. The second kappa shape index (κ2) is 4.85. The molecular formula is C12H12ClFN2O. The molecule has 3 nitrogen and oxygen atoms in total. The van der Waals surface area contributed by atoms with Crippen LogP contribution >= 0.6 is 11.6 Å². The standard InChI is InChI=1S/C12H12ClFN2O/c1-7(15-2)12-16-6-11(17-12)9-4-3-8(14)5-10(9)13/h3-7,15H,1-2H3. The highest BCUT2D eigenvalue weighted by molar-refractivity contribution is 6.33. The molecule has 2 aromatic rings. The van der Waals surface area contributed by atoms with E-state index < -0.39 is 0 Å². The SMILES string of the molecule is CNC(C)c1ncc(-c2ccc(F)cc2Cl)o1. The van der Waals surface area contributed by atoms with Gasteiger partial charge in [-0.3, -0.25) is 0 Å². The normalized spacial score (nSPS) is 12.7. The fourth-order valence-corrected chi connectivity index (χ4v) is 1.69. The summed E-state index contributed by atoms with van der Waals surface area (Å²) in [5.41, 5.74) is 0.634. The summed E-state index contributed by atoms with van der Waals surface area (Å²) in [6.07, 6.45) is 1.59. The van der Waals surface area contributed by atoms with Gasteiger partial charge < -0.3 is 9.73 Å². The molecule has 1 aromatic heterocycles. The summed E-state index contributed by atoms with van der Waals surface area (Å²) in [5, 5.41) is 3.33. The van der Waals surface area contributed by atoms with Crippen molar-refractivity contribution in [3.05, 3.63) is 41.1 Å². The predicted octanol–water partition coefficient (Wildman–Crippen LogP) is 3.41. The van der Waals surface area contributed by atoms with Crippen LogP contribution in [-0.2, 0) is 0 Å². The van der Waals surface area contributed by atoms with Gasteiger partial charge in [0, 0.05) is 5.56 Å². The maximum absolute atomic E-state index is 12.9. The van der Waals surface area contributed by atoms with Gasteiger partial charge in [-0.25, -0.2) is 9.37 Å². The monoisotopic (exact) mass is 254 g/mol. The molecule has 1 N–H and O–H groups in total. The third kappa shape index (κ3) is 2.48. The van der Waals surface area contributed by atoms with E-state index in [-0.39, 0.29) is 11.9 Å². The van der Waals surface area contributed by atoms with Crippen LogP contribution in [-0.4, -0.2) is 12.0 Å². The van der Waals surface area contributed by atoms with E-state index in [1.807, 2.05) is 14.0 Å². The predicted molar refractivity (Wildman–Crippen MR) is 64.4 cm³/mol. The van der Waals surface area contributed by atoms with E-state index in [9.17, 15) is 4.39 Å². The van der Waals surface area contributed by atoms with Crippen molar-refractivity contribution in [2.45, 2.75) is 13.0 Å². The Kier molecular flexibility index (Phi) is 3.45. The van der Waals surface area contributed by atoms with Gasteiger partial charge in [0.2, 0.25) is 5.89 Å². The van der Waals surface area contributed by atoms with Crippen LogP contribution in [0.3, 0.4) is 0 Å². The molecule has 0 fully saturated rings. The fraction of sp³-hybridized carbons (Fsp3) is 0.250. The molecule has 5 heteroatoms. The third-order valence-electron chi connectivity index (χ3n) is 2.52. The zero-order valence-electron chi connectivity index (χ0n) is 9.50. The summed E-state index contributed by atoms with van der Waals surface area (Å²) >= 11 is 5.94. The van der Waals surface area contributed by atoms with E-state index in [2.05, 4.69) is 10.3 Å². The average Bonchev–Trinajstić information content (AvgIpc) is 2.77. The molecule has 1 atom stereocenters. The highest BCUT2D eigenvalue weighted by atomic mass is 35.5. The van der Waals surface area contributed by atoms with E-state index in [0.717, 1.165) is 0 Å². The van der Waals surface area contributed by atoms with Crippen LogP contribution < -0.4 is 5.32 Å². The molecule has 0 spiro atoms. The Balaban J connectivity index is 2.37. The zero-order chi connectivity index (χ0) is 12.4. The number of hydrogen-bond donors (Lipinski definition) is 1. The van der Waals surface area contributed by atoms with Crippen LogP contribution in [0.5, 0.6) is 0 Å². The van der Waals surface area contributed by atoms with Crippen molar-refractivity contribution in [2.24, 2.45) is 0 Å². The number of halogens is 2. The molecule has 0 radical (unpaired) electrons. The maximum atomic E-state index is 12.9. The van der Waals surface area contributed by atoms with E-state index in [0.29, 0.717) is 22.2 Å². The minimum atomic E-state index is -0.373. The molecule has 0 bridgehead atoms. The van der Waals surface area contributed by atoms with E-state index >= 15 is 0 Å². The Bertz CT molecular complexity index is 527. The Morgan fingerprint density at radius 3 is 2.88 bits per heavy atom. The highest BCUT2D eigenvalue weighted by Gasteiger charge is 2.13. The Labute approximate surface area is 104 Å². The maximum Gasteiger partial charge on any atom is 0.211 e. The van der Waals surface area contributed by atoms with Crippen LogP contribution in [0.1, 0.15) is 18.9 Å². The molecule has 17 heavy (non-hydrogen) atoms. The second-order valence-electron chi connectivity index (χ2n) is 3.70. The van der Waals surface area contributed by atoms with Crippen LogP contribution in [0.25, 0.3) is 11.3 Å². The van der Waals surface area contributed by atoms with Gasteiger partial charge in [0.15, 0.2) is 5.76 Å². The molecule has 2 rings (SSSR count). The first kappa shape index (κ1) is 12.1. The third-order valence-corrected chi connectivity index (χ3v) is 2.84. The lowest BCUT2D eigenvalue weighted by molar-refractivity contribution is 0.441. The number of hydrogen-bond acceptors (Lipinski definition) is 3. The number of aromatic nitrogens is 1. The Morgan fingerprint density at radius 2 is 2.24 bits per heavy atom. The van der Waals surface area contributed by atoms with E-state index in [1.165, 1.54) is 12.1 Å². The van der Waals surface area contributed by atoms with Crippen LogP contribution in [0, 0.1) is 5.82 Å². The van der Waals surface area contributed by atoms with Crippen molar-refractivity contribution in [1.82, 2.24) is 10.3 Å². The Morgan fingerprint density at radius 1 is 1.47 bits per heavy atom. The molecule has 0 aliphatic carbocycles. The van der Waals surface area contributed by atoms with Crippen molar-refractivity contribution in [3.8, 4) is 11.3 Å². The Hall–Kier alpha value is -1.39. The smallest absolute Gasteiger partial charge is 0.211 e. The van der Waals surface area contributed by atoms with Crippen molar-refractivity contribution < 1.29 is 8.81 Å². The van der Waals surface area contributed by atoms with Crippen molar-refractivity contribution in [3.63, 3.8) is 0 Å². The lowest BCUT2D eigenvalue weighted by Crippen LogP contribution is -2.12. The molecule has 0 aliphatic heterocycles. The topological polar surface area (TPSA) is 38.1 Å². The average molecular weight is 255 g/mol. The first-order chi connectivity index (χ1) is 8.11. The van der Waals surface area contributed by atoms with Gasteiger partial charge in [0.25, 0.3) is 0 Å². The van der Waals surface area contributed by atoms with Gasteiger partial charge in [-0.05, 0) is 32.2 Å². The molecule has 0 aliphatic rings. The number of nitrogens with one attached hydrogen (secondary N) is 1. The van der Waals surface area contributed by atoms with Crippen LogP contribution in [0.2, 0.25) is 5.02 Å². The summed E-state index contributed by atoms with van der Waals surface area (Å²) in [5.74, 6) is 0.733. The van der Waals surface area contributed by atoms with Crippen LogP contribution in [0.15, 0.2) is 28.8 Å². The lowest BCUT2D eigenvalue weighted by atomic mass is 10.2. The molecule has 0 amide bonds. The summed E-state index contributed by atoms with van der Waals surface area (Å²) in [6, 6.07) is 4.18. The molecule has 1 aromatic carbocycles. The van der Waals surface area contributed by atoms with Crippen LogP contribution in [0.4, 0.5) is 4.39 Å². The quantitative estimate of drug-likeness (QED) is 0.912. The molecule has 90 valence electrons. The van der Waals surface area contributed by atoms with E-state index in [1.54, 1.807) is 12.3 Å². The second-order valence-corrected chi connectivity index (χ2v) is 4.10. The van der Waals surface area contributed by atoms with Gasteiger partial charge >= 0.3 is 0 Å². The minimum absolute atomic E-state index is 0.0166. The summed E-state index contributed by atoms with van der Waals surface area (Å²) in [4.78, 5) is 4.15. The van der Waals surface area contributed by atoms with Crippen molar-refractivity contribution in [1.29, 1.82) is 0 Å². The van der Waals surface area contributed by atoms with E-state index in [4.69, 9.17) is 16.0 Å². The lowest BCUT2D eigenvalue weighted by Gasteiger charge is -2.04. The first-order valence-corrected chi connectivity index (χ1v) is 5.58. The van der Waals surface area contributed by atoms with Crippen molar-refractivity contribution in [2.75, 3.05) is 7.05 Å². The minimum Gasteiger partial charge on any atom is -0.439 e. The zero-order valence-corrected chi connectivity index (χ0v) is 10.3. The summed E-state index contributed by atoms with van der Waals surface area (Å²) < 4.78 is 18.5.